The number of pyridine rings is 1. The van der Waals surface area contributed by atoms with Crippen LogP contribution in [0.2, 0.25) is 0 Å². The SMILES string of the molecule is COCc1ccc(C(C)c2ccc(C#N)cc2)cn1. The zero-order chi connectivity index (χ0) is 13.7. The minimum atomic E-state index is 0.261. The summed E-state index contributed by atoms with van der Waals surface area (Å²) in [6, 6.07) is 13.9. The zero-order valence-corrected chi connectivity index (χ0v) is 11.1. The van der Waals surface area contributed by atoms with E-state index < -0.39 is 0 Å². The Labute approximate surface area is 113 Å². The van der Waals surface area contributed by atoms with Crippen molar-refractivity contribution in [3.8, 4) is 6.07 Å². The van der Waals surface area contributed by atoms with Crippen LogP contribution < -0.4 is 0 Å². The average Bonchev–Trinajstić information content (AvgIpc) is 2.48. The Morgan fingerprint density at radius 1 is 1.16 bits per heavy atom. The largest absolute Gasteiger partial charge is 0.378 e. The van der Waals surface area contributed by atoms with Gasteiger partial charge in [-0.2, -0.15) is 5.26 Å². The summed E-state index contributed by atoms with van der Waals surface area (Å²) >= 11 is 0. The molecule has 3 heteroatoms. The molecule has 2 rings (SSSR count). The fraction of sp³-hybridized carbons (Fsp3) is 0.250. The summed E-state index contributed by atoms with van der Waals surface area (Å²) in [6.45, 7) is 2.67. The van der Waals surface area contributed by atoms with E-state index in [1.807, 2.05) is 36.5 Å². The van der Waals surface area contributed by atoms with Crippen LogP contribution in [-0.4, -0.2) is 12.1 Å². The van der Waals surface area contributed by atoms with Crippen LogP contribution in [0.25, 0.3) is 0 Å². The maximum Gasteiger partial charge on any atom is 0.0991 e. The lowest BCUT2D eigenvalue weighted by atomic mass is 9.94. The first-order chi connectivity index (χ1) is 9.24. The molecule has 1 aromatic carbocycles. The predicted molar refractivity (Wildman–Crippen MR) is 73.6 cm³/mol. The molecule has 3 nitrogen and oxygen atoms in total. The second kappa shape index (κ2) is 6.12. The van der Waals surface area contributed by atoms with Crippen LogP contribution in [0, 0.1) is 11.3 Å². The summed E-state index contributed by atoms with van der Waals surface area (Å²) in [5, 5.41) is 8.79. The van der Waals surface area contributed by atoms with Crippen LogP contribution in [0.5, 0.6) is 0 Å². The van der Waals surface area contributed by atoms with Crippen LogP contribution >= 0.6 is 0 Å². The molecule has 1 unspecified atom stereocenters. The van der Waals surface area contributed by atoms with Gasteiger partial charge in [0.05, 0.1) is 23.9 Å². The van der Waals surface area contributed by atoms with E-state index in [1.165, 1.54) is 5.56 Å². The van der Waals surface area contributed by atoms with Gasteiger partial charge in [-0.05, 0) is 29.3 Å². The van der Waals surface area contributed by atoms with Gasteiger partial charge in [-0.15, -0.1) is 0 Å². The van der Waals surface area contributed by atoms with Crippen molar-refractivity contribution in [1.29, 1.82) is 5.26 Å². The van der Waals surface area contributed by atoms with E-state index >= 15 is 0 Å². The third kappa shape index (κ3) is 3.18. The third-order valence-electron chi connectivity index (χ3n) is 3.18. The van der Waals surface area contributed by atoms with Crippen LogP contribution in [0.3, 0.4) is 0 Å². The van der Waals surface area contributed by atoms with Gasteiger partial charge >= 0.3 is 0 Å². The molecule has 0 aliphatic rings. The van der Waals surface area contributed by atoms with E-state index in [0.717, 1.165) is 11.3 Å². The fourth-order valence-electron chi connectivity index (χ4n) is 1.96. The molecular formula is C16H16N2O. The first-order valence-corrected chi connectivity index (χ1v) is 6.18. The maximum absolute atomic E-state index is 8.79. The van der Waals surface area contributed by atoms with Crippen LogP contribution in [0.15, 0.2) is 42.6 Å². The van der Waals surface area contributed by atoms with Gasteiger partial charge in [-0.3, -0.25) is 4.98 Å². The van der Waals surface area contributed by atoms with Crippen molar-refractivity contribution in [3.05, 3.63) is 65.0 Å². The molecule has 1 heterocycles. The number of nitrogens with zero attached hydrogens (tertiary/aromatic N) is 2. The Hall–Kier alpha value is -2.18. The van der Waals surface area contributed by atoms with E-state index in [2.05, 4.69) is 24.0 Å². The molecule has 0 fully saturated rings. The molecule has 0 bridgehead atoms. The molecule has 19 heavy (non-hydrogen) atoms. The van der Waals surface area contributed by atoms with Crippen LogP contribution in [0.4, 0.5) is 0 Å². The van der Waals surface area contributed by atoms with Crippen molar-refractivity contribution < 1.29 is 4.74 Å². The molecular weight excluding hydrogens is 236 g/mol. The van der Waals surface area contributed by atoms with Gasteiger partial charge in [0.25, 0.3) is 0 Å². The highest BCUT2D eigenvalue weighted by molar-refractivity contribution is 5.36. The zero-order valence-electron chi connectivity index (χ0n) is 11.1. The topological polar surface area (TPSA) is 45.9 Å². The molecule has 0 aliphatic carbocycles. The van der Waals surface area contributed by atoms with Crippen LogP contribution in [-0.2, 0) is 11.3 Å². The lowest BCUT2D eigenvalue weighted by molar-refractivity contribution is 0.181. The average molecular weight is 252 g/mol. The van der Waals surface area contributed by atoms with E-state index in [1.54, 1.807) is 7.11 Å². The minimum Gasteiger partial charge on any atom is -0.378 e. The number of hydrogen-bond donors (Lipinski definition) is 0. The van der Waals surface area contributed by atoms with Gasteiger partial charge in [0.15, 0.2) is 0 Å². The monoisotopic (exact) mass is 252 g/mol. The number of hydrogen-bond acceptors (Lipinski definition) is 3. The van der Waals surface area contributed by atoms with Crippen molar-refractivity contribution in [2.45, 2.75) is 19.4 Å². The molecule has 0 radical (unpaired) electrons. The van der Waals surface area contributed by atoms with Gasteiger partial charge in [0.1, 0.15) is 0 Å². The molecule has 0 aliphatic heterocycles. The van der Waals surface area contributed by atoms with Crippen molar-refractivity contribution in [2.75, 3.05) is 7.11 Å². The number of rotatable bonds is 4. The fourth-order valence-corrected chi connectivity index (χ4v) is 1.96. The van der Waals surface area contributed by atoms with Crippen LogP contribution in [0.1, 0.15) is 35.2 Å². The van der Waals surface area contributed by atoms with Gasteiger partial charge in [0.2, 0.25) is 0 Å². The smallest absolute Gasteiger partial charge is 0.0991 e. The van der Waals surface area contributed by atoms with E-state index in [4.69, 9.17) is 10.00 Å². The van der Waals surface area contributed by atoms with Gasteiger partial charge < -0.3 is 4.74 Å². The number of benzene rings is 1. The van der Waals surface area contributed by atoms with Gasteiger partial charge in [-0.25, -0.2) is 0 Å². The lowest BCUT2D eigenvalue weighted by Crippen LogP contribution is -1.99. The Bertz CT molecular complexity index is 567. The van der Waals surface area contributed by atoms with E-state index in [0.29, 0.717) is 12.2 Å². The molecule has 1 atom stereocenters. The molecule has 2 aromatic rings. The van der Waals surface area contributed by atoms with Crippen molar-refractivity contribution in [1.82, 2.24) is 4.98 Å². The maximum atomic E-state index is 8.79. The predicted octanol–water partition coefficient (Wildman–Crippen LogP) is 3.25. The lowest BCUT2D eigenvalue weighted by Gasteiger charge is -2.12. The summed E-state index contributed by atoms with van der Waals surface area (Å²) in [4.78, 5) is 4.37. The first kappa shape index (κ1) is 13.3. The Balaban J connectivity index is 2.18. The number of methoxy groups -OCH3 is 1. The number of ether oxygens (including phenoxy) is 1. The van der Waals surface area contributed by atoms with Gasteiger partial charge in [0, 0.05) is 19.2 Å². The number of aromatic nitrogens is 1. The normalized spacial score (nSPS) is 11.8. The molecule has 96 valence electrons. The van der Waals surface area contributed by atoms with Gasteiger partial charge in [-0.1, -0.05) is 25.1 Å². The highest BCUT2D eigenvalue weighted by Gasteiger charge is 2.09. The number of nitriles is 1. The Morgan fingerprint density at radius 3 is 2.37 bits per heavy atom. The highest BCUT2D eigenvalue weighted by Crippen LogP contribution is 2.23. The highest BCUT2D eigenvalue weighted by atomic mass is 16.5. The summed E-state index contributed by atoms with van der Waals surface area (Å²) in [5.74, 6) is 0.261. The standard InChI is InChI=1S/C16H16N2O/c1-12(14-5-3-13(9-17)4-6-14)15-7-8-16(11-19-2)18-10-15/h3-8,10,12H,11H2,1-2H3. The summed E-state index contributed by atoms with van der Waals surface area (Å²) in [5.41, 5.74) is 3.95. The molecule has 0 saturated heterocycles. The molecule has 0 spiro atoms. The van der Waals surface area contributed by atoms with Crippen molar-refractivity contribution >= 4 is 0 Å². The minimum absolute atomic E-state index is 0.261. The van der Waals surface area contributed by atoms with E-state index in [-0.39, 0.29) is 5.92 Å². The Kier molecular flexibility index (Phi) is 4.27. The molecule has 0 amide bonds. The molecule has 0 saturated carbocycles. The summed E-state index contributed by atoms with van der Waals surface area (Å²) < 4.78 is 5.05. The quantitative estimate of drug-likeness (QED) is 0.839. The summed E-state index contributed by atoms with van der Waals surface area (Å²) in [7, 11) is 1.66. The second-order valence-corrected chi connectivity index (χ2v) is 4.47. The first-order valence-electron chi connectivity index (χ1n) is 6.18. The Morgan fingerprint density at radius 2 is 1.84 bits per heavy atom. The molecule has 1 aromatic heterocycles. The third-order valence-corrected chi connectivity index (χ3v) is 3.18. The van der Waals surface area contributed by atoms with Crippen molar-refractivity contribution in [3.63, 3.8) is 0 Å². The van der Waals surface area contributed by atoms with Crippen molar-refractivity contribution in [2.24, 2.45) is 0 Å². The van der Waals surface area contributed by atoms with E-state index in [9.17, 15) is 0 Å². The summed E-state index contributed by atoms with van der Waals surface area (Å²) in [6.07, 6.45) is 1.89. The second-order valence-electron chi connectivity index (χ2n) is 4.47. The molecule has 0 N–H and O–H groups in total.